The molecule has 0 aliphatic carbocycles. The first kappa shape index (κ1) is 10.8. The summed E-state index contributed by atoms with van der Waals surface area (Å²) in [5, 5.41) is 1.24. The van der Waals surface area contributed by atoms with Gasteiger partial charge in [-0.1, -0.05) is 0 Å². The van der Waals surface area contributed by atoms with Gasteiger partial charge in [0, 0.05) is 21.1 Å². The maximum atomic E-state index is 5.54. The lowest BCUT2D eigenvalue weighted by molar-refractivity contribution is 0.930. The lowest BCUT2D eigenvalue weighted by atomic mass is 10.1. The van der Waals surface area contributed by atoms with Crippen molar-refractivity contribution >= 4 is 33.5 Å². The molecule has 0 aliphatic rings. The zero-order valence-electron chi connectivity index (χ0n) is 8.63. The topological polar surface area (TPSA) is 38.9 Å². The molecule has 0 bridgehead atoms. The Morgan fingerprint density at radius 3 is 2.87 bits per heavy atom. The van der Waals surface area contributed by atoms with Gasteiger partial charge < -0.3 is 5.73 Å². The van der Waals surface area contributed by atoms with Crippen LogP contribution in [-0.2, 0) is 6.42 Å². The number of nitrogens with two attached hydrogens (primary N) is 1. The fraction of sp³-hybridized carbons (Fsp3) is 0.250. The third kappa shape index (κ3) is 2.29. The molecule has 15 heavy (non-hydrogen) atoms. The van der Waals surface area contributed by atoms with Crippen LogP contribution in [0.4, 0.5) is 0 Å². The zero-order valence-corrected chi connectivity index (χ0v) is 10.8. The molecule has 0 aliphatic heterocycles. The first-order chi connectivity index (χ1) is 7.20. The summed E-state index contributed by atoms with van der Waals surface area (Å²) in [6.07, 6.45) is 0.850. The van der Waals surface area contributed by atoms with Gasteiger partial charge in [0.05, 0.1) is 5.52 Å². The SMILES string of the molecule is Cc1cc(CCN)nc2ccc(I)cc12. The van der Waals surface area contributed by atoms with Gasteiger partial charge in [-0.3, -0.25) is 4.98 Å². The van der Waals surface area contributed by atoms with E-state index in [1.54, 1.807) is 0 Å². The number of nitrogens with zero attached hydrogens (tertiary/aromatic N) is 1. The molecule has 2 rings (SSSR count). The molecule has 2 nitrogen and oxygen atoms in total. The molecule has 0 unspecified atom stereocenters. The van der Waals surface area contributed by atoms with Gasteiger partial charge in [-0.05, 0) is 65.9 Å². The minimum atomic E-state index is 0.655. The standard InChI is InChI=1S/C12H13IN2/c1-8-6-10(4-5-14)15-12-3-2-9(13)7-11(8)12/h2-3,6-7H,4-5,14H2,1H3. The molecular formula is C12H13IN2. The molecule has 0 amide bonds. The predicted octanol–water partition coefficient (Wildman–Crippen LogP) is 2.65. The number of hydrogen-bond acceptors (Lipinski definition) is 2. The molecule has 3 heteroatoms. The lowest BCUT2D eigenvalue weighted by Crippen LogP contribution is -2.04. The fourth-order valence-electron chi connectivity index (χ4n) is 1.71. The van der Waals surface area contributed by atoms with Crippen LogP contribution in [-0.4, -0.2) is 11.5 Å². The van der Waals surface area contributed by atoms with Crippen molar-refractivity contribution in [2.45, 2.75) is 13.3 Å². The van der Waals surface area contributed by atoms with E-state index < -0.39 is 0 Å². The summed E-state index contributed by atoms with van der Waals surface area (Å²) in [7, 11) is 0. The van der Waals surface area contributed by atoms with Crippen molar-refractivity contribution in [1.29, 1.82) is 0 Å². The maximum Gasteiger partial charge on any atom is 0.0708 e. The van der Waals surface area contributed by atoms with Gasteiger partial charge >= 0.3 is 0 Å². The van der Waals surface area contributed by atoms with E-state index >= 15 is 0 Å². The Balaban J connectivity index is 2.62. The highest BCUT2D eigenvalue weighted by molar-refractivity contribution is 14.1. The summed E-state index contributed by atoms with van der Waals surface area (Å²) >= 11 is 2.32. The van der Waals surface area contributed by atoms with Crippen LogP contribution in [0.15, 0.2) is 24.3 Å². The van der Waals surface area contributed by atoms with Crippen LogP contribution in [0, 0.1) is 10.5 Å². The average molecular weight is 312 g/mol. The van der Waals surface area contributed by atoms with Gasteiger partial charge in [-0.25, -0.2) is 0 Å². The third-order valence-corrected chi connectivity index (χ3v) is 3.10. The Hall–Kier alpha value is -0.680. The summed E-state index contributed by atoms with van der Waals surface area (Å²) in [5.74, 6) is 0. The summed E-state index contributed by atoms with van der Waals surface area (Å²) in [5.41, 5.74) is 8.97. The summed E-state index contributed by atoms with van der Waals surface area (Å²) in [4.78, 5) is 4.58. The van der Waals surface area contributed by atoms with Gasteiger partial charge in [0.1, 0.15) is 0 Å². The molecule has 0 saturated heterocycles. The van der Waals surface area contributed by atoms with E-state index in [1.165, 1.54) is 14.5 Å². The monoisotopic (exact) mass is 312 g/mol. The molecule has 1 heterocycles. The lowest BCUT2D eigenvalue weighted by Gasteiger charge is -2.05. The van der Waals surface area contributed by atoms with Crippen LogP contribution in [0.25, 0.3) is 10.9 Å². The van der Waals surface area contributed by atoms with Crippen molar-refractivity contribution in [3.05, 3.63) is 39.1 Å². The molecule has 0 saturated carbocycles. The van der Waals surface area contributed by atoms with E-state index in [1.807, 2.05) is 0 Å². The van der Waals surface area contributed by atoms with Crippen LogP contribution in [0.2, 0.25) is 0 Å². The number of fused-ring (bicyclic) bond motifs is 1. The van der Waals surface area contributed by atoms with E-state index in [9.17, 15) is 0 Å². The molecule has 2 aromatic rings. The molecule has 1 aromatic heterocycles. The molecule has 78 valence electrons. The fourth-order valence-corrected chi connectivity index (χ4v) is 2.20. The Labute approximate surface area is 103 Å². The van der Waals surface area contributed by atoms with E-state index in [2.05, 4.69) is 58.8 Å². The first-order valence-corrected chi connectivity index (χ1v) is 6.04. The van der Waals surface area contributed by atoms with Crippen LogP contribution in [0.5, 0.6) is 0 Å². The smallest absolute Gasteiger partial charge is 0.0708 e. The van der Waals surface area contributed by atoms with Crippen LogP contribution < -0.4 is 5.73 Å². The molecule has 0 spiro atoms. The van der Waals surface area contributed by atoms with E-state index in [0.29, 0.717) is 6.54 Å². The minimum Gasteiger partial charge on any atom is -0.330 e. The Bertz CT molecular complexity index is 494. The number of aromatic nitrogens is 1. The van der Waals surface area contributed by atoms with Gasteiger partial charge in [-0.2, -0.15) is 0 Å². The van der Waals surface area contributed by atoms with Gasteiger partial charge in [-0.15, -0.1) is 0 Å². The summed E-state index contributed by atoms with van der Waals surface area (Å²) in [6, 6.07) is 8.46. The number of rotatable bonds is 2. The van der Waals surface area contributed by atoms with Gasteiger partial charge in [0.2, 0.25) is 0 Å². The Morgan fingerprint density at radius 1 is 1.33 bits per heavy atom. The van der Waals surface area contributed by atoms with Crippen molar-refractivity contribution in [2.24, 2.45) is 5.73 Å². The number of pyridine rings is 1. The van der Waals surface area contributed by atoms with Crippen molar-refractivity contribution in [2.75, 3.05) is 6.54 Å². The second-order valence-corrected chi connectivity index (χ2v) is 4.88. The molecule has 0 atom stereocenters. The van der Waals surface area contributed by atoms with Gasteiger partial charge in [0.25, 0.3) is 0 Å². The number of aryl methyl sites for hydroxylation is 1. The van der Waals surface area contributed by atoms with Crippen molar-refractivity contribution in [3.8, 4) is 0 Å². The highest BCUT2D eigenvalue weighted by Gasteiger charge is 2.02. The summed E-state index contributed by atoms with van der Waals surface area (Å²) < 4.78 is 1.25. The second kappa shape index (κ2) is 4.45. The number of hydrogen-bond donors (Lipinski definition) is 1. The minimum absolute atomic E-state index is 0.655. The molecule has 0 fully saturated rings. The average Bonchev–Trinajstić information content (AvgIpc) is 2.20. The Kier molecular flexibility index (Phi) is 3.21. The van der Waals surface area contributed by atoms with E-state index in [-0.39, 0.29) is 0 Å². The largest absolute Gasteiger partial charge is 0.330 e. The second-order valence-electron chi connectivity index (χ2n) is 3.63. The summed E-state index contributed by atoms with van der Waals surface area (Å²) in [6.45, 7) is 2.78. The molecular weight excluding hydrogens is 299 g/mol. The predicted molar refractivity (Wildman–Crippen MR) is 72.0 cm³/mol. The van der Waals surface area contributed by atoms with Crippen LogP contribution in [0.1, 0.15) is 11.3 Å². The molecule has 1 aromatic carbocycles. The Morgan fingerprint density at radius 2 is 2.13 bits per heavy atom. The van der Waals surface area contributed by atoms with Gasteiger partial charge in [0.15, 0.2) is 0 Å². The maximum absolute atomic E-state index is 5.54. The number of benzene rings is 1. The normalized spacial score (nSPS) is 10.9. The van der Waals surface area contributed by atoms with Crippen molar-refractivity contribution < 1.29 is 0 Å². The van der Waals surface area contributed by atoms with Crippen LogP contribution in [0.3, 0.4) is 0 Å². The number of halogens is 1. The molecule has 2 N–H and O–H groups in total. The van der Waals surface area contributed by atoms with E-state index in [0.717, 1.165) is 17.6 Å². The molecule has 0 radical (unpaired) electrons. The highest BCUT2D eigenvalue weighted by Crippen LogP contribution is 2.20. The van der Waals surface area contributed by atoms with Crippen molar-refractivity contribution in [1.82, 2.24) is 4.98 Å². The van der Waals surface area contributed by atoms with Crippen LogP contribution >= 0.6 is 22.6 Å². The first-order valence-electron chi connectivity index (χ1n) is 4.96. The van der Waals surface area contributed by atoms with E-state index in [4.69, 9.17) is 5.73 Å². The quantitative estimate of drug-likeness (QED) is 0.866. The van der Waals surface area contributed by atoms with Crippen molar-refractivity contribution in [3.63, 3.8) is 0 Å². The highest BCUT2D eigenvalue weighted by atomic mass is 127. The zero-order chi connectivity index (χ0) is 10.8. The third-order valence-electron chi connectivity index (χ3n) is 2.43.